The van der Waals surface area contributed by atoms with E-state index in [1.165, 1.54) is 0 Å². The van der Waals surface area contributed by atoms with Crippen molar-refractivity contribution < 1.29 is 5.11 Å². The number of aliphatic imine (C=N–C) groups is 1. The molecule has 0 spiro atoms. The third kappa shape index (κ3) is 2.90. The summed E-state index contributed by atoms with van der Waals surface area (Å²) >= 11 is 1.68. The molecule has 0 unspecified atom stereocenters. The number of fused-ring (bicyclic) bond motifs is 1. The Morgan fingerprint density at radius 2 is 2.22 bits per heavy atom. The van der Waals surface area contributed by atoms with Gasteiger partial charge in [-0.15, -0.1) is 0 Å². The molecule has 1 fully saturated rings. The first-order chi connectivity index (χ1) is 10.9. The molecule has 0 bridgehead atoms. The van der Waals surface area contributed by atoms with Crippen LogP contribution < -0.4 is 0 Å². The molecule has 1 saturated heterocycles. The minimum absolute atomic E-state index is 0.481. The number of nitriles is 1. The smallest absolute Gasteiger partial charge is 0.168 e. The van der Waals surface area contributed by atoms with Gasteiger partial charge in [0.05, 0.1) is 17.1 Å². The van der Waals surface area contributed by atoms with Crippen LogP contribution in [0, 0.1) is 11.3 Å². The van der Waals surface area contributed by atoms with Crippen molar-refractivity contribution in [1.82, 2.24) is 9.88 Å². The number of hydrogen-bond acceptors (Lipinski definition) is 6. The fourth-order valence-corrected chi connectivity index (χ4v) is 3.52. The molecule has 1 aromatic rings. The summed E-state index contributed by atoms with van der Waals surface area (Å²) in [5.41, 5.74) is 2.13. The van der Waals surface area contributed by atoms with Crippen molar-refractivity contribution in [3.8, 4) is 6.07 Å². The van der Waals surface area contributed by atoms with Gasteiger partial charge in [-0.2, -0.15) is 5.26 Å². The Bertz CT molecular complexity index is 750. The van der Waals surface area contributed by atoms with E-state index in [-0.39, 0.29) is 0 Å². The van der Waals surface area contributed by atoms with Crippen molar-refractivity contribution >= 4 is 22.6 Å². The third-order valence-electron chi connectivity index (χ3n) is 3.82. The molecular formula is C17H18N4OS. The number of rotatable bonds is 2. The lowest BCUT2D eigenvalue weighted by molar-refractivity contribution is 0.0738. The largest absolute Gasteiger partial charge is 0.384 e. The lowest BCUT2D eigenvalue weighted by Gasteiger charge is -2.34. The molecule has 0 radical (unpaired) electrons. The molecule has 0 amide bonds. The number of hydrogen-bond donors (Lipinski definition) is 1. The summed E-state index contributed by atoms with van der Waals surface area (Å²) in [6.45, 7) is 8.30. The highest BCUT2D eigenvalue weighted by atomic mass is 32.2. The van der Waals surface area contributed by atoms with Crippen LogP contribution in [0.4, 0.5) is 0 Å². The Hall–Kier alpha value is -2.10. The monoisotopic (exact) mass is 326 g/mol. The van der Waals surface area contributed by atoms with Crippen molar-refractivity contribution in [3.63, 3.8) is 0 Å². The fraction of sp³-hybridized carbons (Fsp3) is 0.353. The van der Waals surface area contributed by atoms with Crippen molar-refractivity contribution in [2.24, 2.45) is 4.99 Å². The zero-order valence-electron chi connectivity index (χ0n) is 13.2. The van der Waals surface area contributed by atoms with E-state index in [9.17, 15) is 10.4 Å². The fourth-order valence-electron chi connectivity index (χ4n) is 2.55. The molecule has 3 rings (SSSR count). The van der Waals surface area contributed by atoms with E-state index in [1.807, 2.05) is 11.0 Å². The van der Waals surface area contributed by atoms with Crippen LogP contribution in [-0.2, 0) is 5.60 Å². The van der Waals surface area contributed by atoms with Crippen LogP contribution in [-0.4, -0.2) is 32.5 Å². The number of amidine groups is 1. The van der Waals surface area contributed by atoms with Crippen LogP contribution in [0.1, 0.15) is 31.5 Å². The Kier molecular flexibility index (Phi) is 4.00. The van der Waals surface area contributed by atoms with Gasteiger partial charge in [0, 0.05) is 24.1 Å². The predicted octanol–water partition coefficient (Wildman–Crippen LogP) is 2.87. The van der Waals surface area contributed by atoms with Gasteiger partial charge in [-0.05, 0) is 32.4 Å². The summed E-state index contributed by atoms with van der Waals surface area (Å²) in [6.07, 6.45) is 2.71. The molecular weight excluding hydrogens is 308 g/mol. The second-order valence-electron chi connectivity index (χ2n) is 6.02. The second-order valence-corrected chi connectivity index (χ2v) is 7.08. The maximum absolute atomic E-state index is 10.0. The van der Waals surface area contributed by atoms with E-state index in [2.05, 4.69) is 22.6 Å². The Morgan fingerprint density at radius 3 is 2.83 bits per heavy atom. The van der Waals surface area contributed by atoms with E-state index in [0.29, 0.717) is 22.7 Å². The first-order valence-corrected chi connectivity index (χ1v) is 8.42. The van der Waals surface area contributed by atoms with E-state index in [1.54, 1.807) is 37.9 Å². The summed E-state index contributed by atoms with van der Waals surface area (Å²) in [4.78, 5) is 11.0. The van der Waals surface area contributed by atoms with E-state index in [0.717, 1.165) is 29.4 Å². The molecule has 2 aliphatic heterocycles. The molecule has 23 heavy (non-hydrogen) atoms. The van der Waals surface area contributed by atoms with Crippen LogP contribution in [0.3, 0.4) is 0 Å². The van der Waals surface area contributed by atoms with Gasteiger partial charge < -0.3 is 10.0 Å². The highest BCUT2D eigenvalue weighted by Crippen LogP contribution is 2.35. The number of nitrogens with zero attached hydrogens (tertiary/aromatic N) is 4. The van der Waals surface area contributed by atoms with Gasteiger partial charge >= 0.3 is 0 Å². The SMILES string of the molecule is C=C1C(C#N)=C(c2ccc(C(C)(C)O)nc2)N=C2SCCCN12. The highest BCUT2D eigenvalue weighted by molar-refractivity contribution is 8.13. The van der Waals surface area contributed by atoms with E-state index >= 15 is 0 Å². The third-order valence-corrected chi connectivity index (χ3v) is 4.88. The summed E-state index contributed by atoms with van der Waals surface area (Å²) in [5, 5.41) is 20.4. The number of allylic oxidation sites excluding steroid dienone is 1. The molecule has 1 N–H and O–H groups in total. The molecule has 6 heteroatoms. The first kappa shape index (κ1) is 15.8. The lowest BCUT2D eigenvalue weighted by Crippen LogP contribution is -2.35. The normalized spacial score (nSPS) is 18.4. The van der Waals surface area contributed by atoms with E-state index in [4.69, 9.17) is 0 Å². The van der Waals surface area contributed by atoms with Crippen molar-refractivity contribution in [1.29, 1.82) is 5.26 Å². The molecule has 2 aliphatic rings. The number of pyridine rings is 1. The first-order valence-electron chi connectivity index (χ1n) is 7.44. The zero-order valence-corrected chi connectivity index (χ0v) is 14.0. The summed E-state index contributed by atoms with van der Waals surface area (Å²) in [6, 6.07) is 5.83. The summed E-state index contributed by atoms with van der Waals surface area (Å²) < 4.78 is 0. The van der Waals surface area contributed by atoms with Gasteiger partial charge in [0.1, 0.15) is 17.2 Å². The minimum atomic E-state index is -0.997. The number of aliphatic hydroxyl groups is 1. The van der Waals surface area contributed by atoms with Crippen molar-refractivity contribution in [2.45, 2.75) is 25.9 Å². The van der Waals surface area contributed by atoms with Gasteiger partial charge in [-0.1, -0.05) is 18.3 Å². The average molecular weight is 326 g/mol. The van der Waals surface area contributed by atoms with Gasteiger partial charge in [-0.3, -0.25) is 4.98 Å². The number of thioether (sulfide) groups is 1. The second kappa shape index (κ2) is 5.84. The van der Waals surface area contributed by atoms with Gasteiger partial charge in [0.15, 0.2) is 5.17 Å². The van der Waals surface area contributed by atoms with Crippen LogP contribution in [0.5, 0.6) is 0 Å². The van der Waals surface area contributed by atoms with Crippen molar-refractivity contribution in [3.05, 3.63) is 47.4 Å². The van der Waals surface area contributed by atoms with E-state index < -0.39 is 5.60 Å². The van der Waals surface area contributed by atoms with Crippen molar-refractivity contribution in [2.75, 3.05) is 12.3 Å². The maximum Gasteiger partial charge on any atom is 0.168 e. The van der Waals surface area contributed by atoms with Crippen LogP contribution in [0.2, 0.25) is 0 Å². The molecule has 5 nitrogen and oxygen atoms in total. The molecule has 3 heterocycles. The van der Waals surface area contributed by atoms with Gasteiger partial charge in [0.2, 0.25) is 0 Å². The lowest BCUT2D eigenvalue weighted by atomic mass is 10.0. The molecule has 0 aliphatic carbocycles. The minimum Gasteiger partial charge on any atom is -0.384 e. The van der Waals surface area contributed by atoms with Crippen LogP contribution >= 0.6 is 11.8 Å². The maximum atomic E-state index is 10.0. The van der Waals surface area contributed by atoms with Crippen LogP contribution in [0.15, 0.2) is 41.2 Å². The Labute approximate surface area is 140 Å². The highest BCUT2D eigenvalue weighted by Gasteiger charge is 2.29. The number of aromatic nitrogens is 1. The molecule has 1 aromatic heterocycles. The molecule has 0 atom stereocenters. The topological polar surface area (TPSA) is 72.5 Å². The predicted molar refractivity (Wildman–Crippen MR) is 92.4 cm³/mol. The average Bonchev–Trinajstić information content (AvgIpc) is 2.54. The molecule has 0 aromatic carbocycles. The Morgan fingerprint density at radius 1 is 1.43 bits per heavy atom. The summed E-state index contributed by atoms with van der Waals surface area (Å²) in [7, 11) is 0. The van der Waals surface area contributed by atoms with Crippen LogP contribution in [0.25, 0.3) is 5.70 Å². The summed E-state index contributed by atoms with van der Waals surface area (Å²) in [5.74, 6) is 1.02. The Balaban J connectivity index is 2.05. The van der Waals surface area contributed by atoms with Gasteiger partial charge in [0.25, 0.3) is 0 Å². The molecule has 0 saturated carbocycles. The molecule has 118 valence electrons. The zero-order chi connectivity index (χ0) is 16.6. The van der Waals surface area contributed by atoms with Gasteiger partial charge in [-0.25, -0.2) is 4.99 Å². The standard InChI is InChI=1S/C17H18N4OS/c1-11-13(9-18)15(20-16-21(11)7-4-8-23-16)12-5-6-14(19-10-12)17(2,3)22/h5-6,10,22H,1,4,7-8H2,2-3H3. The quantitative estimate of drug-likeness (QED) is 0.905.